The lowest BCUT2D eigenvalue weighted by Crippen LogP contribution is -2.35. The van der Waals surface area contributed by atoms with Gasteiger partial charge in [0, 0.05) is 0 Å². The van der Waals surface area contributed by atoms with Crippen LogP contribution in [0.4, 0.5) is 14.9 Å². The largest absolute Gasteiger partial charge is 0.457 e. The number of hydrogen-bond donors (Lipinski definition) is 2. The molecule has 1 atom stereocenters. The number of halogens is 1. The first-order valence-electron chi connectivity index (χ1n) is 8.35. The molecule has 8 heteroatoms. The number of nitrogens with zero attached hydrogens (tertiary/aromatic N) is 1. The fourth-order valence-electron chi connectivity index (χ4n) is 2.41. The highest BCUT2D eigenvalue weighted by molar-refractivity contribution is 7.82. The number of carbonyl (C=O) groups excluding carboxylic acids is 2. The number of hydrogen-bond acceptors (Lipinski definition) is 5. The zero-order valence-electron chi connectivity index (χ0n) is 14.8. The van der Waals surface area contributed by atoms with Gasteiger partial charge in [0.1, 0.15) is 11.6 Å². The molecule has 144 valence electrons. The highest BCUT2D eigenvalue weighted by Gasteiger charge is 2.17. The van der Waals surface area contributed by atoms with Crippen molar-refractivity contribution < 1.29 is 23.1 Å². The third-order valence-electron chi connectivity index (χ3n) is 3.92. The van der Waals surface area contributed by atoms with E-state index in [2.05, 4.69) is 18.1 Å². The average molecular weight is 400 g/mol. The Balaban J connectivity index is 1.60. The van der Waals surface area contributed by atoms with Gasteiger partial charge in [-0.15, -0.1) is 0 Å². The summed E-state index contributed by atoms with van der Waals surface area (Å²) in [4.78, 5) is 24.2. The number of carbonyl (C=O) groups is 2. The Morgan fingerprint density at radius 3 is 2.39 bits per heavy atom. The molecule has 3 rings (SSSR count). The molecule has 2 aromatic carbocycles. The Labute approximate surface area is 166 Å². The van der Waals surface area contributed by atoms with Crippen LogP contribution in [0.3, 0.4) is 0 Å². The van der Waals surface area contributed by atoms with E-state index in [9.17, 15) is 14.0 Å². The second-order valence-electron chi connectivity index (χ2n) is 5.90. The van der Waals surface area contributed by atoms with Crippen LogP contribution < -0.4 is 14.4 Å². The van der Waals surface area contributed by atoms with Crippen LogP contribution in [-0.2, 0) is 0 Å². The molecule has 0 aliphatic rings. The number of thiol groups is 1. The molecule has 0 spiro atoms. The van der Waals surface area contributed by atoms with E-state index in [1.165, 1.54) is 36.6 Å². The van der Waals surface area contributed by atoms with Crippen molar-refractivity contribution in [3.05, 3.63) is 84.1 Å². The van der Waals surface area contributed by atoms with Crippen LogP contribution in [0.5, 0.6) is 5.75 Å². The van der Waals surface area contributed by atoms with Crippen molar-refractivity contribution in [2.45, 2.75) is 13.0 Å². The second-order valence-corrected chi connectivity index (χ2v) is 6.30. The number of rotatable bonds is 5. The predicted molar refractivity (Wildman–Crippen MR) is 105 cm³/mol. The summed E-state index contributed by atoms with van der Waals surface area (Å²) in [5.41, 5.74) is 1.24. The van der Waals surface area contributed by atoms with E-state index in [0.717, 1.165) is 9.87 Å². The summed E-state index contributed by atoms with van der Waals surface area (Å²) in [6, 6.07) is 14.4. The smallest absolute Gasteiger partial charge is 0.379 e. The monoisotopic (exact) mass is 400 g/mol. The zero-order valence-corrected chi connectivity index (χ0v) is 15.7. The highest BCUT2D eigenvalue weighted by atomic mass is 32.1. The quantitative estimate of drug-likeness (QED) is 0.368. The molecule has 1 unspecified atom stereocenters. The van der Waals surface area contributed by atoms with Gasteiger partial charge in [-0.1, -0.05) is 24.9 Å². The van der Waals surface area contributed by atoms with Gasteiger partial charge in [-0.05, 0) is 61.0 Å². The summed E-state index contributed by atoms with van der Waals surface area (Å²) in [7, 11) is 0. The fourth-order valence-corrected chi connectivity index (χ4v) is 2.60. The lowest BCUT2D eigenvalue weighted by molar-refractivity contribution is 0.0701. The lowest BCUT2D eigenvalue weighted by Gasteiger charge is -2.20. The number of ether oxygens (including phenoxy) is 1. The number of esters is 1. The van der Waals surface area contributed by atoms with Crippen molar-refractivity contribution in [1.29, 1.82) is 0 Å². The number of amides is 2. The predicted octanol–water partition coefficient (Wildman–Crippen LogP) is 4.76. The molecule has 0 radical (unpaired) electrons. The maximum atomic E-state index is 13.0. The average Bonchev–Trinajstić information content (AvgIpc) is 3.23. The molecule has 2 amide bonds. The maximum Gasteiger partial charge on any atom is 0.379 e. The Kier molecular flexibility index (Phi) is 6.00. The summed E-state index contributed by atoms with van der Waals surface area (Å²) >= 11 is 4.21. The standard InChI is InChI=1S/C20H17FN2O4S/c1-13(14-4-6-15(21)7-5-14)22-20(25)23(28)16-8-10-17(11-9-16)27-19(24)18-3-2-12-26-18/h2-13,28H,1H3,(H,22,25). The van der Waals surface area contributed by atoms with Crippen LogP contribution in [-0.4, -0.2) is 12.0 Å². The summed E-state index contributed by atoms with van der Waals surface area (Å²) < 4.78 is 24.3. The third-order valence-corrected chi connectivity index (χ3v) is 4.33. The van der Waals surface area contributed by atoms with Crippen LogP contribution in [0, 0.1) is 5.82 Å². The first-order chi connectivity index (χ1) is 13.4. The van der Waals surface area contributed by atoms with Gasteiger partial charge in [-0.3, -0.25) is 0 Å². The van der Waals surface area contributed by atoms with Gasteiger partial charge in [0.15, 0.2) is 0 Å². The molecule has 6 nitrogen and oxygen atoms in total. The molecular formula is C20H17FN2O4S. The number of urea groups is 1. The van der Waals surface area contributed by atoms with E-state index in [1.54, 1.807) is 37.3 Å². The SMILES string of the molecule is CC(NC(=O)N(S)c1ccc(OC(=O)c2ccco2)cc1)c1ccc(F)cc1. The number of furan rings is 1. The van der Waals surface area contributed by atoms with E-state index in [0.29, 0.717) is 11.4 Å². The molecule has 0 saturated carbocycles. The Hall–Kier alpha value is -3.26. The molecule has 28 heavy (non-hydrogen) atoms. The molecule has 0 aliphatic heterocycles. The minimum absolute atomic E-state index is 0.0917. The molecule has 1 aromatic heterocycles. The molecule has 0 fully saturated rings. The summed E-state index contributed by atoms with van der Waals surface area (Å²) in [5.74, 6) is -0.571. The highest BCUT2D eigenvalue weighted by Crippen LogP contribution is 2.23. The number of nitrogens with one attached hydrogen (secondary N) is 1. The van der Waals surface area contributed by atoms with Crippen LogP contribution in [0.15, 0.2) is 71.3 Å². The van der Waals surface area contributed by atoms with Crippen molar-refractivity contribution in [2.24, 2.45) is 0 Å². The van der Waals surface area contributed by atoms with Crippen LogP contribution in [0.25, 0.3) is 0 Å². The Morgan fingerprint density at radius 2 is 1.79 bits per heavy atom. The summed E-state index contributed by atoms with van der Waals surface area (Å²) in [6.07, 6.45) is 1.38. The summed E-state index contributed by atoms with van der Waals surface area (Å²) in [6.45, 7) is 1.78. The van der Waals surface area contributed by atoms with E-state index in [-0.39, 0.29) is 17.6 Å². The lowest BCUT2D eigenvalue weighted by atomic mass is 10.1. The van der Waals surface area contributed by atoms with E-state index < -0.39 is 12.0 Å². The van der Waals surface area contributed by atoms with Gasteiger partial charge in [0.2, 0.25) is 5.76 Å². The Bertz CT molecular complexity index is 943. The first kappa shape index (κ1) is 19.5. The van der Waals surface area contributed by atoms with Gasteiger partial charge >= 0.3 is 12.0 Å². The fraction of sp³-hybridized carbons (Fsp3) is 0.100. The van der Waals surface area contributed by atoms with E-state index in [1.807, 2.05) is 0 Å². The minimum atomic E-state index is -0.619. The van der Waals surface area contributed by atoms with Crippen LogP contribution in [0.2, 0.25) is 0 Å². The second kappa shape index (κ2) is 8.62. The van der Waals surface area contributed by atoms with Crippen molar-refractivity contribution in [1.82, 2.24) is 5.32 Å². The molecule has 0 saturated heterocycles. The molecule has 0 bridgehead atoms. The zero-order chi connectivity index (χ0) is 20.1. The normalized spacial score (nSPS) is 11.5. The number of anilines is 1. The summed E-state index contributed by atoms with van der Waals surface area (Å²) in [5, 5.41) is 2.77. The van der Waals surface area contributed by atoms with Gasteiger partial charge < -0.3 is 14.5 Å². The minimum Gasteiger partial charge on any atom is -0.457 e. The van der Waals surface area contributed by atoms with Crippen LogP contribution in [0.1, 0.15) is 29.1 Å². The van der Waals surface area contributed by atoms with E-state index >= 15 is 0 Å². The molecule has 3 aromatic rings. The maximum absolute atomic E-state index is 13.0. The van der Waals surface area contributed by atoms with Gasteiger partial charge in [-0.2, -0.15) is 0 Å². The van der Waals surface area contributed by atoms with Crippen LogP contribution >= 0.6 is 12.8 Å². The van der Waals surface area contributed by atoms with Crippen molar-refractivity contribution >= 4 is 30.5 Å². The molecule has 1 N–H and O–H groups in total. The van der Waals surface area contributed by atoms with Crippen molar-refractivity contribution in [3.63, 3.8) is 0 Å². The van der Waals surface area contributed by atoms with Gasteiger partial charge in [0.25, 0.3) is 0 Å². The number of benzene rings is 2. The molecule has 0 aliphatic carbocycles. The van der Waals surface area contributed by atoms with Gasteiger partial charge in [0.05, 0.1) is 18.0 Å². The molecule has 1 heterocycles. The topological polar surface area (TPSA) is 71.8 Å². The van der Waals surface area contributed by atoms with Crippen molar-refractivity contribution in [2.75, 3.05) is 4.31 Å². The van der Waals surface area contributed by atoms with Gasteiger partial charge in [-0.25, -0.2) is 18.3 Å². The van der Waals surface area contributed by atoms with E-state index in [4.69, 9.17) is 9.15 Å². The molecular weight excluding hydrogens is 383 g/mol. The third kappa shape index (κ3) is 4.72. The Morgan fingerprint density at radius 1 is 1.11 bits per heavy atom. The van der Waals surface area contributed by atoms with Crippen molar-refractivity contribution in [3.8, 4) is 5.75 Å². The first-order valence-corrected chi connectivity index (χ1v) is 8.75.